The zero-order valence-corrected chi connectivity index (χ0v) is 15.4. The van der Waals surface area contributed by atoms with Gasteiger partial charge in [0.1, 0.15) is 5.82 Å². The van der Waals surface area contributed by atoms with E-state index in [0.29, 0.717) is 5.92 Å². The lowest BCUT2D eigenvalue weighted by atomic mass is 9.83. The highest BCUT2D eigenvalue weighted by Crippen LogP contribution is 2.48. The van der Waals surface area contributed by atoms with E-state index in [2.05, 4.69) is 29.2 Å². The minimum Gasteiger partial charge on any atom is -0.300 e. The molecule has 0 unspecified atom stereocenters. The van der Waals surface area contributed by atoms with E-state index in [4.69, 9.17) is 0 Å². The van der Waals surface area contributed by atoms with Crippen LogP contribution in [-0.2, 0) is 0 Å². The average Bonchev–Trinajstić information content (AvgIpc) is 3.32. The van der Waals surface area contributed by atoms with Crippen LogP contribution in [0.5, 0.6) is 0 Å². The highest BCUT2D eigenvalue weighted by atomic mass is 19.1. The van der Waals surface area contributed by atoms with Gasteiger partial charge in [-0.25, -0.2) is 4.39 Å². The Morgan fingerprint density at radius 1 is 0.846 bits per heavy atom. The highest BCUT2D eigenvalue weighted by Gasteiger charge is 2.42. The van der Waals surface area contributed by atoms with Crippen LogP contribution in [0.25, 0.3) is 11.1 Å². The maximum atomic E-state index is 13.7. The normalized spacial score (nSPS) is 29.3. The van der Waals surface area contributed by atoms with Crippen molar-refractivity contribution in [1.29, 1.82) is 0 Å². The molecule has 0 radical (unpaired) electrons. The fourth-order valence-corrected chi connectivity index (χ4v) is 5.97. The van der Waals surface area contributed by atoms with Crippen LogP contribution in [0.2, 0.25) is 0 Å². The molecule has 3 atom stereocenters. The first-order chi connectivity index (χ1) is 12.8. The Kier molecular flexibility index (Phi) is 4.32. The molecule has 1 heterocycles. The topological polar surface area (TPSA) is 3.24 Å². The van der Waals surface area contributed by atoms with E-state index in [1.54, 1.807) is 6.07 Å². The number of hydrogen-bond acceptors (Lipinski definition) is 1. The van der Waals surface area contributed by atoms with Crippen LogP contribution in [0.1, 0.15) is 50.0 Å². The Morgan fingerprint density at radius 2 is 1.69 bits per heavy atom. The van der Waals surface area contributed by atoms with Gasteiger partial charge in [0.2, 0.25) is 0 Å². The van der Waals surface area contributed by atoms with Crippen molar-refractivity contribution in [3.05, 3.63) is 59.9 Å². The van der Waals surface area contributed by atoms with Crippen LogP contribution in [0.15, 0.2) is 48.5 Å². The standard InChI is InChI=1S/C24H28FN/c25-21-5-3-4-19(16-21)23-7-2-1-6-22(23)18-10-12-26(13-11-18)24-15-17-8-9-20(24)14-17/h1-7,16-18,20,24H,8-15H2/t17-,20-,24-/m0/s1. The van der Waals surface area contributed by atoms with Crippen LogP contribution in [0, 0.1) is 17.7 Å². The third-order valence-electron chi connectivity index (χ3n) is 7.24. The second kappa shape index (κ2) is 6.81. The molecule has 3 fully saturated rings. The lowest BCUT2D eigenvalue weighted by Gasteiger charge is -2.40. The summed E-state index contributed by atoms with van der Waals surface area (Å²) in [5.41, 5.74) is 3.63. The minimum atomic E-state index is -0.150. The molecule has 1 saturated heterocycles. The molecular weight excluding hydrogens is 321 g/mol. The predicted octanol–water partition coefficient (Wildman–Crippen LogP) is 5.86. The quantitative estimate of drug-likeness (QED) is 0.671. The van der Waals surface area contributed by atoms with Crippen molar-refractivity contribution in [3.63, 3.8) is 0 Å². The molecule has 136 valence electrons. The summed E-state index contributed by atoms with van der Waals surface area (Å²) < 4.78 is 13.7. The molecule has 1 nitrogen and oxygen atoms in total. The second-order valence-corrected chi connectivity index (χ2v) is 8.65. The Bertz CT molecular complexity index is 777. The van der Waals surface area contributed by atoms with Crippen molar-refractivity contribution in [2.45, 2.75) is 50.5 Å². The maximum absolute atomic E-state index is 13.7. The van der Waals surface area contributed by atoms with Gasteiger partial charge in [-0.1, -0.05) is 42.8 Å². The van der Waals surface area contributed by atoms with Crippen LogP contribution in [-0.4, -0.2) is 24.0 Å². The predicted molar refractivity (Wildman–Crippen MR) is 105 cm³/mol. The first-order valence-electron chi connectivity index (χ1n) is 10.4. The largest absolute Gasteiger partial charge is 0.300 e. The van der Waals surface area contributed by atoms with Gasteiger partial charge in [-0.2, -0.15) is 0 Å². The zero-order valence-electron chi connectivity index (χ0n) is 15.4. The molecule has 2 heteroatoms. The van der Waals surface area contributed by atoms with E-state index in [9.17, 15) is 4.39 Å². The van der Waals surface area contributed by atoms with E-state index >= 15 is 0 Å². The number of benzene rings is 2. The molecule has 2 saturated carbocycles. The van der Waals surface area contributed by atoms with E-state index < -0.39 is 0 Å². The summed E-state index contributed by atoms with van der Waals surface area (Å²) in [6.45, 7) is 2.46. The fourth-order valence-electron chi connectivity index (χ4n) is 5.97. The van der Waals surface area contributed by atoms with Gasteiger partial charge >= 0.3 is 0 Å². The van der Waals surface area contributed by atoms with Crippen molar-refractivity contribution < 1.29 is 4.39 Å². The first kappa shape index (κ1) is 16.5. The molecule has 0 N–H and O–H groups in total. The summed E-state index contributed by atoms with van der Waals surface area (Å²) in [4.78, 5) is 2.80. The van der Waals surface area contributed by atoms with Crippen LogP contribution < -0.4 is 0 Å². The van der Waals surface area contributed by atoms with Gasteiger partial charge in [0.15, 0.2) is 0 Å². The Hall–Kier alpha value is -1.67. The minimum absolute atomic E-state index is 0.150. The zero-order chi connectivity index (χ0) is 17.5. The Balaban J connectivity index is 1.33. The number of halogens is 1. The molecule has 26 heavy (non-hydrogen) atoms. The van der Waals surface area contributed by atoms with Crippen molar-refractivity contribution in [2.75, 3.05) is 13.1 Å². The number of fused-ring (bicyclic) bond motifs is 2. The lowest BCUT2D eigenvalue weighted by molar-refractivity contribution is 0.111. The van der Waals surface area contributed by atoms with Crippen LogP contribution in [0.4, 0.5) is 4.39 Å². The molecule has 2 aromatic rings. The third-order valence-corrected chi connectivity index (χ3v) is 7.24. The summed E-state index contributed by atoms with van der Waals surface area (Å²) in [6, 6.07) is 16.6. The third kappa shape index (κ3) is 2.99. The van der Waals surface area contributed by atoms with Crippen LogP contribution in [0.3, 0.4) is 0 Å². The molecule has 5 rings (SSSR count). The summed E-state index contributed by atoms with van der Waals surface area (Å²) in [5, 5.41) is 0. The monoisotopic (exact) mass is 349 g/mol. The SMILES string of the molecule is Fc1cccc(-c2ccccc2C2CCN([C@H]3C[C@H]4CC[C@H]3C4)CC2)c1. The van der Waals surface area contributed by atoms with Crippen molar-refractivity contribution in [2.24, 2.45) is 11.8 Å². The van der Waals surface area contributed by atoms with Gasteiger partial charge in [-0.15, -0.1) is 0 Å². The number of hydrogen-bond donors (Lipinski definition) is 0. The molecule has 0 aromatic heterocycles. The summed E-state index contributed by atoms with van der Waals surface area (Å²) in [6.07, 6.45) is 8.37. The molecule has 2 bridgehead atoms. The lowest BCUT2D eigenvalue weighted by Crippen LogP contribution is -2.43. The number of rotatable bonds is 3. The summed E-state index contributed by atoms with van der Waals surface area (Å²) in [5.74, 6) is 2.46. The highest BCUT2D eigenvalue weighted by molar-refractivity contribution is 5.68. The van der Waals surface area contributed by atoms with Crippen molar-refractivity contribution in [1.82, 2.24) is 4.90 Å². The number of likely N-dealkylation sites (tertiary alicyclic amines) is 1. The Labute approximate surface area is 156 Å². The number of nitrogens with zero attached hydrogens (tertiary/aromatic N) is 1. The van der Waals surface area contributed by atoms with Gasteiger partial charge in [0.25, 0.3) is 0 Å². The van der Waals surface area contributed by atoms with Gasteiger partial charge < -0.3 is 4.90 Å². The second-order valence-electron chi connectivity index (χ2n) is 8.65. The molecule has 0 amide bonds. The molecule has 2 aliphatic carbocycles. The summed E-state index contributed by atoms with van der Waals surface area (Å²) >= 11 is 0. The van der Waals surface area contributed by atoms with Gasteiger partial charge in [-0.3, -0.25) is 0 Å². The first-order valence-corrected chi connectivity index (χ1v) is 10.4. The maximum Gasteiger partial charge on any atom is 0.123 e. The smallest absolute Gasteiger partial charge is 0.123 e. The average molecular weight is 349 g/mol. The van der Waals surface area contributed by atoms with E-state index in [1.165, 1.54) is 68.8 Å². The molecule has 3 aliphatic rings. The van der Waals surface area contributed by atoms with E-state index in [0.717, 1.165) is 23.4 Å². The Morgan fingerprint density at radius 3 is 2.42 bits per heavy atom. The molecule has 0 spiro atoms. The fraction of sp³-hybridized carbons (Fsp3) is 0.500. The molecular formula is C24H28FN. The van der Waals surface area contributed by atoms with Gasteiger partial charge in [-0.05, 0) is 91.8 Å². The number of piperidine rings is 1. The van der Waals surface area contributed by atoms with E-state index in [-0.39, 0.29) is 5.82 Å². The van der Waals surface area contributed by atoms with Crippen molar-refractivity contribution in [3.8, 4) is 11.1 Å². The van der Waals surface area contributed by atoms with Gasteiger partial charge in [0.05, 0.1) is 0 Å². The van der Waals surface area contributed by atoms with Crippen LogP contribution >= 0.6 is 0 Å². The van der Waals surface area contributed by atoms with Crippen molar-refractivity contribution >= 4 is 0 Å². The summed E-state index contributed by atoms with van der Waals surface area (Å²) in [7, 11) is 0. The molecule has 1 aliphatic heterocycles. The van der Waals surface area contributed by atoms with Gasteiger partial charge in [0, 0.05) is 6.04 Å². The molecule has 2 aromatic carbocycles. The van der Waals surface area contributed by atoms with E-state index in [1.807, 2.05) is 12.1 Å².